The molecule has 1 fully saturated rings. The summed E-state index contributed by atoms with van der Waals surface area (Å²) in [6.07, 6.45) is 0. The van der Waals surface area contributed by atoms with Gasteiger partial charge >= 0.3 is 5.97 Å². The van der Waals surface area contributed by atoms with Crippen molar-refractivity contribution in [1.29, 1.82) is 0 Å². The summed E-state index contributed by atoms with van der Waals surface area (Å²) in [7, 11) is 1.58. The van der Waals surface area contributed by atoms with Crippen molar-refractivity contribution >= 4 is 11.8 Å². The molecule has 1 aromatic heterocycles. The van der Waals surface area contributed by atoms with Crippen molar-refractivity contribution in [3.05, 3.63) is 30.0 Å². The zero-order chi connectivity index (χ0) is 17.8. The average Bonchev–Trinajstić information content (AvgIpc) is 3.08. The maximum atomic E-state index is 11.6. The van der Waals surface area contributed by atoms with E-state index in [1.54, 1.807) is 31.4 Å². The van der Waals surface area contributed by atoms with E-state index in [1.807, 2.05) is 4.90 Å². The number of piperazine rings is 1. The van der Waals surface area contributed by atoms with Crippen molar-refractivity contribution in [1.82, 2.24) is 19.9 Å². The summed E-state index contributed by atoms with van der Waals surface area (Å²) in [6, 6.07) is 7.08. The fourth-order valence-corrected chi connectivity index (χ4v) is 2.81. The third-order valence-corrected chi connectivity index (χ3v) is 4.19. The van der Waals surface area contributed by atoms with Gasteiger partial charge in [0.25, 0.3) is 0 Å². The van der Waals surface area contributed by atoms with Crippen molar-refractivity contribution in [3.8, 4) is 11.4 Å². The molecule has 0 spiro atoms. The van der Waals surface area contributed by atoms with E-state index in [1.165, 1.54) is 4.80 Å². The first kappa shape index (κ1) is 17.2. The Balaban J connectivity index is 1.84. The topological polar surface area (TPSA) is 104 Å². The minimum atomic E-state index is -1.10. The number of aliphatic hydroxyl groups excluding tert-OH is 1. The van der Waals surface area contributed by atoms with Crippen LogP contribution in [0, 0.1) is 0 Å². The van der Waals surface area contributed by atoms with E-state index in [2.05, 4.69) is 15.1 Å². The second-order valence-corrected chi connectivity index (χ2v) is 5.72. The highest BCUT2D eigenvalue weighted by Crippen LogP contribution is 2.21. The van der Waals surface area contributed by atoms with Crippen LogP contribution in [0.3, 0.4) is 0 Å². The van der Waals surface area contributed by atoms with Crippen molar-refractivity contribution < 1.29 is 19.7 Å². The van der Waals surface area contributed by atoms with Crippen LogP contribution in [0.5, 0.6) is 5.75 Å². The van der Waals surface area contributed by atoms with E-state index >= 15 is 0 Å². The van der Waals surface area contributed by atoms with Gasteiger partial charge in [-0.3, -0.25) is 4.90 Å². The number of methoxy groups -OCH3 is 1. The Hall–Kier alpha value is -2.65. The van der Waals surface area contributed by atoms with E-state index in [9.17, 15) is 9.90 Å². The molecule has 9 nitrogen and oxygen atoms in total. The van der Waals surface area contributed by atoms with E-state index in [-0.39, 0.29) is 12.3 Å². The number of ether oxygens (including phenoxy) is 1. The van der Waals surface area contributed by atoms with Crippen molar-refractivity contribution in [2.75, 3.05) is 51.3 Å². The van der Waals surface area contributed by atoms with Gasteiger partial charge in [0, 0.05) is 32.7 Å². The van der Waals surface area contributed by atoms with E-state index in [4.69, 9.17) is 9.84 Å². The summed E-state index contributed by atoms with van der Waals surface area (Å²) in [5.74, 6) is -0.0332. The molecule has 9 heteroatoms. The molecule has 1 aliphatic rings. The molecule has 1 saturated heterocycles. The first-order valence-electron chi connectivity index (χ1n) is 8.05. The lowest BCUT2D eigenvalue weighted by Crippen LogP contribution is -2.47. The Bertz CT molecular complexity index is 723. The van der Waals surface area contributed by atoms with Crippen molar-refractivity contribution in [3.63, 3.8) is 0 Å². The number of rotatable bonds is 6. The number of carboxylic acids is 1. The quantitative estimate of drug-likeness (QED) is 0.758. The number of β-amino-alcohol motifs (C(OH)–C–C–N with tert-alkyl or cyclic N) is 1. The number of aromatic nitrogens is 3. The molecule has 0 amide bonds. The van der Waals surface area contributed by atoms with Crippen LogP contribution in [0.25, 0.3) is 5.69 Å². The molecule has 0 atom stereocenters. The fraction of sp³-hybridized carbons (Fsp3) is 0.438. The molecule has 25 heavy (non-hydrogen) atoms. The van der Waals surface area contributed by atoms with Crippen molar-refractivity contribution in [2.24, 2.45) is 0 Å². The van der Waals surface area contributed by atoms with Crippen LogP contribution < -0.4 is 9.64 Å². The number of hydrogen-bond acceptors (Lipinski definition) is 7. The molecule has 3 rings (SSSR count). The zero-order valence-corrected chi connectivity index (χ0v) is 14.0. The molecule has 1 aliphatic heterocycles. The number of aromatic carboxylic acids is 1. The number of carboxylic acid groups (broad SMARTS) is 1. The van der Waals surface area contributed by atoms with E-state index < -0.39 is 5.97 Å². The number of carbonyl (C=O) groups is 1. The van der Waals surface area contributed by atoms with Crippen LogP contribution in [-0.2, 0) is 0 Å². The number of benzene rings is 1. The molecule has 0 aliphatic carbocycles. The maximum absolute atomic E-state index is 11.6. The molecule has 134 valence electrons. The van der Waals surface area contributed by atoms with E-state index in [0.717, 1.165) is 13.1 Å². The Morgan fingerprint density at radius 2 is 1.84 bits per heavy atom. The van der Waals surface area contributed by atoms with E-state index in [0.29, 0.717) is 36.9 Å². The highest BCUT2D eigenvalue weighted by Gasteiger charge is 2.26. The van der Waals surface area contributed by atoms with Gasteiger partial charge in [-0.05, 0) is 24.3 Å². The number of aliphatic hydroxyl groups is 1. The highest BCUT2D eigenvalue weighted by molar-refractivity contribution is 5.91. The molecule has 2 heterocycles. The summed E-state index contributed by atoms with van der Waals surface area (Å²) in [5, 5.41) is 27.0. The molecule has 0 saturated carbocycles. The second-order valence-electron chi connectivity index (χ2n) is 5.72. The monoisotopic (exact) mass is 347 g/mol. The van der Waals surface area contributed by atoms with Gasteiger partial charge in [-0.15, -0.1) is 15.0 Å². The lowest BCUT2D eigenvalue weighted by atomic mass is 10.3. The smallest absolute Gasteiger partial charge is 0.360 e. The molecule has 1 aromatic carbocycles. The maximum Gasteiger partial charge on any atom is 0.360 e. The number of anilines is 1. The Morgan fingerprint density at radius 1 is 1.16 bits per heavy atom. The predicted molar refractivity (Wildman–Crippen MR) is 90.6 cm³/mol. The van der Waals surface area contributed by atoms with Crippen LogP contribution in [0.2, 0.25) is 0 Å². The molecule has 2 N–H and O–H groups in total. The van der Waals surface area contributed by atoms with Crippen LogP contribution >= 0.6 is 0 Å². The van der Waals surface area contributed by atoms with Gasteiger partial charge in [-0.25, -0.2) is 4.79 Å². The third kappa shape index (κ3) is 3.72. The largest absolute Gasteiger partial charge is 0.497 e. The summed E-state index contributed by atoms with van der Waals surface area (Å²) in [6.45, 7) is 3.51. The Morgan fingerprint density at radius 3 is 2.40 bits per heavy atom. The SMILES string of the molecule is COc1ccc(-n2nc(C(=O)O)c(N3CCN(CCO)CC3)n2)cc1. The lowest BCUT2D eigenvalue weighted by molar-refractivity contribution is 0.0690. The molecule has 0 unspecified atom stereocenters. The van der Waals surface area contributed by atoms with Crippen LogP contribution in [-0.4, -0.2) is 82.5 Å². The van der Waals surface area contributed by atoms with Gasteiger partial charge in [0.1, 0.15) is 5.75 Å². The van der Waals surface area contributed by atoms with Gasteiger partial charge < -0.3 is 19.8 Å². The third-order valence-electron chi connectivity index (χ3n) is 4.19. The van der Waals surface area contributed by atoms with Crippen LogP contribution in [0.15, 0.2) is 24.3 Å². The Labute approximate surface area is 145 Å². The van der Waals surface area contributed by atoms with Gasteiger partial charge in [0.2, 0.25) is 5.69 Å². The summed E-state index contributed by atoms with van der Waals surface area (Å²) in [5.41, 5.74) is 0.597. The normalized spacial score (nSPS) is 15.4. The summed E-state index contributed by atoms with van der Waals surface area (Å²) >= 11 is 0. The number of nitrogens with zero attached hydrogens (tertiary/aromatic N) is 5. The zero-order valence-electron chi connectivity index (χ0n) is 14.0. The molecule has 2 aromatic rings. The first-order chi connectivity index (χ1) is 12.1. The number of hydrogen-bond donors (Lipinski definition) is 2. The van der Waals surface area contributed by atoms with Gasteiger partial charge in [-0.1, -0.05) is 0 Å². The van der Waals surface area contributed by atoms with Gasteiger partial charge in [0.05, 0.1) is 19.4 Å². The van der Waals surface area contributed by atoms with Crippen LogP contribution in [0.4, 0.5) is 5.82 Å². The molecular formula is C16H21N5O4. The minimum Gasteiger partial charge on any atom is -0.497 e. The minimum absolute atomic E-state index is 0.0635. The highest BCUT2D eigenvalue weighted by atomic mass is 16.5. The first-order valence-corrected chi connectivity index (χ1v) is 8.05. The standard InChI is InChI=1S/C16H21N5O4/c1-25-13-4-2-12(3-5-13)21-17-14(16(23)24)15(18-21)20-8-6-19(7-9-20)10-11-22/h2-5,22H,6-11H2,1H3,(H,23,24). The van der Waals surface area contributed by atoms with Gasteiger partial charge in [0.15, 0.2) is 5.82 Å². The van der Waals surface area contributed by atoms with Crippen LogP contribution in [0.1, 0.15) is 10.5 Å². The Kier molecular flexibility index (Phi) is 5.15. The average molecular weight is 347 g/mol. The molecule has 0 bridgehead atoms. The lowest BCUT2D eigenvalue weighted by Gasteiger charge is -2.34. The molecular weight excluding hydrogens is 326 g/mol. The van der Waals surface area contributed by atoms with Crippen molar-refractivity contribution in [2.45, 2.75) is 0 Å². The summed E-state index contributed by atoms with van der Waals surface area (Å²) in [4.78, 5) is 17.0. The fourth-order valence-electron chi connectivity index (χ4n) is 2.81. The van der Waals surface area contributed by atoms with Gasteiger partial charge in [-0.2, -0.15) is 0 Å². The predicted octanol–water partition coefficient (Wildman–Crippen LogP) is 0.0884. The summed E-state index contributed by atoms with van der Waals surface area (Å²) < 4.78 is 5.12. The molecule has 0 radical (unpaired) electrons. The second kappa shape index (κ2) is 7.49.